The number of hydrogen-bond acceptors (Lipinski definition) is 0. The first-order chi connectivity index (χ1) is 13.6. The van der Waals surface area contributed by atoms with Crippen molar-refractivity contribution in [2.24, 2.45) is 29.6 Å². The molecule has 0 nitrogen and oxygen atoms in total. The Hall–Kier alpha value is -0.990. The van der Waals surface area contributed by atoms with Crippen LogP contribution in [0.4, 0.5) is 13.2 Å². The van der Waals surface area contributed by atoms with Crippen molar-refractivity contribution in [3.05, 3.63) is 35.1 Å². The minimum absolute atomic E-state index is 0.587. The summed E-state index contributed by atoms with van der Waals surface area (Å²) in [6, 6.07) is 2.32. The van der Waals surface area contributed by atoms with Gasteiger partial charge in [0.15, 0.2) is 17.5 Å². The zero-order valence-electron chi connectivity index (χ0n) is 17.1. The van der Waals surface area contributed by atoms with Gasteiger partial charge >= 0.3 is 0 Å². The summed E-state index contributed by atoms with van der Waals surface area (Å²) in [5, 5.41) is 0. The maximum Gasteiger partial charge on any atom is 0.194 e. The van der Waals surface area contributed by atoms with Gasteiger partial charge in [-0.15, -0.1) is 0 Å². The minimum atomic E-state index is -1.35. The Morgan fingerprint density at radius 1 is 0.607 bits per heavy atom. The second-order valence-corrected chi connectivity index (χ2v) is 9.91. The third kappa shape index (κ3) is 4.76. The molecule has 3 fully saturated rings. The molecule has 0 radical (unpaired) electrons. The highest BCUT2D eigenvalue weighted by Crippen LogP contribution is 2.46. The van der Waals surface area contributed by atoms with E-state index in [0.29, 0.717) is 17.9 Å². The van der Waals surface area contributed by atoms with E-state index >= 15 is 0 Å². The predicted octanol–water partition coefficient (Wildman–Crippen LogP) is 7.84. The molecule has 3 aliphatic carbocycles. The minimum Gasteiger partial charge on any atom is -0.204 e. The van der Waals surface area contributed by atoms with E-state index in [1.54, 1.807) is 0 Å². The third-order valence-corrected chi connectivity index (χ3v) is 8.33. The number of hydrogen-bond donors (Lipinski definition) is 0. The summed E-state index contributed by atoms with van der Waals surface area (Å²) in [5.74, 6) is 1.08. The van der Waals surface area contributed by atoms with E-state index in [4.69, 9.17) is 0 Å². The molecule has 0 amide bonds. The van der Waals surface area contributed by atoms with E-state index in [-0.39, 0.29) is 0 Å². The van der Waals surface area contributed by atoms with Gasteiger partial charge in [-0.2, -0.15) is 0 Å². The molecule has 3 heteroatoms. The number of halogens is 3. The SMILES string of the molecule is Fc1cc(CC[C@H]2CC[C@H]([C@H]3CC[C@H](C4CCCC4)CC3)CC2)cc(F)c1F. The predicted molar refractivity (Wildman–Crippen MR) is 107 cm³/mol. The van der Waals surface area contributed by atoms with Crippen molar-refractivity contribution in [1.82, 2.24) is 0 Å². The van der Waals surface area contributed by atoms with Crippen molar-refractivity contribution in [2.75, 3.05) is 0 Å². The molecule has 3 saturated carbocycles. The molecule has 1 aromatic rings. The van der Waals surface area contributed by atoms with E-state index in [9.17, 15) is 13.2 Å². The Labute approximate surface area is 168 Å². The van der Waals surface area contributed by atoms with E-state index in [1.807, 2.05) is 0 Å². The second kappa shape index (κ2) is 9.22. The average molecular weight is 393 g/mol. The Morgan fingerprint density at radius 3 is 1.54 bits per heavy atom. The molecule has 0 unspecified atom stereocenters. The summed E-state index contributed by atoms with van der Waals surface area (Å²) >= 11 is 0. The molecule has 0 bridgehead atoms. The molecule has 3 aliphatic rings. The summed E-state index contributed by atoms with van der Waals surface area (Å²) in [7, 11) is 0. The van der Waals surface area contributed by atoms with Crippen LogP contribution in [-0.4, -0.2) is 0 Å². The summed E-state index contributed by atoms with van der Waals surface area (Å²) in [5.41, 5.74) is 0.587. The molecule has 0 spiro atoms. The molecule has 1 aromatic carbocycles. The summed E-state index contributed by atoms with van der Waals surface area (Å²) in [4.78, 5) is 0. The lowest BCUT2D eigenvalue weighted by molar-refractivity contribution is 0.124. The monoisotopic (exact) mass is 392 g/mol. The smallest absolute Gasteiger partial charge is 0.194 e. The van der Waals surface area contributed by atoms with Gasteiger partial charge in [-0.05, 0) is 98.7 Å². The van der Waals surface area contributed by atoms with Crippen molar-refractivity contribution < 1.29 is 13.2 Å². The first-order valence-electron chi connectivity index (χ1n) is 11.7. The quantitative estimate of drug-likeness (QED) is 0.448. The molecule has 0 atom stereocenters. The summed E-state index contributed by atoms with van der Waals surface area (Å²) in [6.07, 6.45) is 18.5. The van der Waals surface area contributed by atoms with E-state index in [2.05, 4.69) is 0 Å². The van der Waals surface area contributed by atoms with Gasteiger partial charge in [-0.25, -0.2) is 13.2 Å². The first-order valence-corrected chi connectivity index (χ1v) is 11.7. The molecule has 0 saturated heterocycles. The highest BCUT2D eigenvalue weighted by molar-refractivity contribution is 5.19. The van der Waals surface area contributed by atoms with Gasteiger partial charge in [-0.3, -0.25) is 0 Å². The van der Waals surface area contributed by atoms with Crippen molar-refractivity contribution in [2.45, 2.75) is 89.9 Å². The highest BCUT2D eigenvalue weighted by Gasteiger charge is 2.33. The zero-order valence-corrected chi connectivity index (χ0v) is 17.1. The van der Waals surface area contributed by atoms with Crippen LogP contribution in [0.15, 0.2) is 12.1 Å². The summed E-state index contributed by atoms with van der Waals surface area (Å²) < 4.78 is 39.8. The Balaban J connectivity index is 1.19. The van der Waals surface area contributed by atoms with Crippen LogP contribution in [0.2, 0.25) is 0 Å². The number of aryl methyl sites for hydroxylation is 1. The lowest BCUT2D eigenvalue weighted by atomic mass is 9.67. The van der Waals surface area contributed by atoms with Gasteiger partial charge in [0.05, 0.1) is 0 Å². The molecule has 156 valence electrons. The van der Waals surface area contributed by atoms with E-state index < -0.39 is 17.5 Å². The fourth-order valence-corrected chi connectivity index (χ4v) is 6.59. The lowest BCUT2D eigenvalue weighted by Crippen LogP contribution is -2.27. The van der Waals surface area contributed by atoms with Crippen molar-refractivity contribution in [1.29, 1.82) is 0 Å². The van der Waals surface area contributed by atoms with Crippen LogP contribution < -0.4 is 0 Å². The Kier molecular flexibility index (Phi) is 6.68. The third-order valence-electron chi connectivity index (χ3n) is 8.33. The van der Waals surface area contributed by atoms with Crippen LogP contribution in [-0.2, 0) is 6.42 Å². The maximum atomic E-state index is 13.4. The number of benzene rings is 1. The second-order valence-electron chi connectivity index (χ2n) is 9.91. The van der Waals surface area contributed by atoms with Crippen molar-refractivity contribution in [3.8, 4) is 0 Å². The van der Waals surface area contributed by atoms with Crippen LogP contribution in [0, 0.1) is 47.0 Å². The van der Waals surface area contributed by atoms with Gasteiger partial charge in [0.1, 0.15) is 0 Å². The average Bonchev–Trinajstić information content (AvgIpc) is 3.26. The topological polar surface area (TPSA) is 0 Å². The molecule has 28 heavy (non-hydrogen) atoms. The molecule has 4 rings (SSSR count). The maximum absolute atomic E-state index is 13.4. The highest BCUT2D eigenvalue weighted by atomic mass is 19.2. The van der Waals surface area contributed by atoms with Gasteiger partial charge in [0.25, 0.3) is 0 Å². The zero-order chi connectivity index (χ0) is 19.5. The molecule has 0 aromatic heterocycles. The fraction of sp³-hybridized carbons (Fsp3) is 0.760. The van der Waals surface area contributed by atoms with Crippen molar-refractivity contribution in [3.63, 3.8) is 0 Å². The van der Waals surface area contributed by atoms with Gasteiger partial charge in [-0.1, -0.05) is 38.5 Å². The fourth-order valence-electron chi connectivity index (χ4n) is 6.59. The van der Waals surface area contributed by atoms with Crippen LogP contribution in [0.5, 0.6) is 0 Å². The van der Waals surface area contributed by atoms with Crippen LogP contribution >= 0.6 is 0 Å². The van der Waals surface area contributed by atoms with Crippen LogP contribution in [0.3, 0.4) is 0 Å². The molecule has 0 N–H and O–H groups in total. The van der Waals surface area contributed by atoms with Crippen molar-refractivity contribution >= 4 is 0 Å². The molecular weight excluding hydrogens is 357 g/mol. The van der Waals surface area contributed by atoms with Gasteiger partial charge in [0.2, 0.25) is 0 Å². The Bertz CT molecular complexity index is 610. The first kappa shape index (κ1) is 20.3. The largest absolute Gasteiger partial charge is 0.204 e. The van der Waals surface area contributed by atoms with Crippen LogP contribution in [0.1, 0.15) is 89.0 Å². The molecular formula is C25H35F3. The van der Waals surface area contributed by atoms with E-state index in [0.717, 1.165) is 42.2 Å². The normalized spacial score (nSPS) is 32.0. The van der Waals surface area contributed by atoms with E-state index in [1.165, 1.54) is 77.0 Å². The van der Waals surface area contributed by atoms with Crippen LogP contribution in [0.25, 0.3) is 0 Å². The molecule has 0 heterocycles. The number of rotatable bonds is 5. The van der Waals surface area contributed by atoms with Gasteiger partial charge in [0, 0.05) is 0 Å². The molecule has 0 aliphatic heterocycles. The summed E-state index contributed by atoms with van der Waals surface area (Å²) in [6.45, 7) is 0. The standard InChI is InChI=1S/C25H35F3/c26-23-15-18(16-24(27)25(23)28)6-5-17-7-9-20(10-8-17)22-13-11-21(12-14-22)19-3-1-2-4-19/h15-17,19-22H,1-14H2/t17-,20-,21-,22-. The van der Waals surface area contributed by atoms with Gasteiger partial charge < -0.3 is 0 Å². The lowest BCUT2D eigenvalue weighted by Gasteiger charge is -2.39. The Morgan fingerprint density at radius 2 is 1.04 bits per heavy atom.